The normalized spacial score (nSPS) is 19.5. The lowest BCUT2D eigenvalue weighted by Gasteiger charge is -2.30. The van der Waals surface area contributed by atoms with Crippen LogP contribution in [0.4, 0.5) is 5.82 Å². The number of pyridine rings is 1. The highest BCUT2D eigenvalue weighted by Crippen LogP contribution is 2.24. The van der Waals surface area contributed by atoms with E-state index in [0.29, 0.717) is 19.1 Å². The van der Waals surface area contributed by atoms with Gasteiger partial charge in [-0.1, -0.05) is 24.3 Å². The molecule has 0 amide bonds. The summed E-state index contributed by atoms with van der Waals surface area (Å²) in [5.41, 5.74) is 4.05. The summed E-state index contributed by atoms with van der Waals surface area (Å²) in [5.74, 6) is 0.961. The van der Waals surface area contributed by atoms with Gasteiger partial charge in [0.15, 0.2) is 0 Å². The van der Waals surface area contributed by atoms with Crippen LogP contribution in [0.3, 0.4) is 0 Å². The standard InChI is InChI=1S/C23H32N4O/c1-17(19-9-11-24-23(13-19)26-21-7-4-8-21)25-14-22(28)16-27-12-10-18-5-2-3-6-20(18)15-27/h2-3,5-6,9,11,13,17,21-22,25,28H,4,7-8,10,12,14-16H2,1H3,(H,24,26)/t17?,22-/m0/s1. The molecule has 150 valence electrons. The van der Waals surface area contributed by atoms with Crippen LogP contribution < -0.4 is 10.6 Å². The van der Waals surface area contributed by atoms with Crippen LogP contribution in [0.1, 0.15) is 48.9 Å². The molecule has 4 rings (SSSR count). The Kier molecular flexibility index (Phi) is 6.25. The summed E-state index contributed by atoms with van der Waals surface area (Å²) in [4.78, 5) is 6.79. The first-order chi connectivity index (χ1) is 13.7. The van der Waals surface area contributed by atoms with Crippen molar-refractivity contribution in [3.63, 3.8) is 0 Å². The second-order valence-electron chi connectivity index (χ2n) is 8.28. The molecule has 0 saturated heterocycles. The van der Waals surface area contributed by atoms with Crippen molar-refractivity contribution >= 4 is 5.82 Å². The van der Waals surface area contributed by atoms with Crippen LogP contribution in [0.2, 0.25) is 0 Å². The van der Waals surface area contributed by atoms with Crippen molar-refractivity contribution in [3.8, 4) is 0 Å². The number of aliphatic hydroxyl groups excluding tert-OH is 1. The Labute approximate surface area is 168 Å². The van der Waals surface area contributed by atoms with Gasteiger partial charge < -0.3 is 15.7 Å². The number of hydrogen-bond donors (Lipinski definition) is 3. The van der Waals surface area contributed by atoms with Gasteiger partial charge in [-0.25, -0.2) is 4.98 Å². The zero-order valence-corrected chi connectivity index (χ0v) is 16.8. The van der Waals surface area contributed by atoms with E-state index < -0.39 is 0 Å². The molecule has 2 heterocycles. The molecule has 2 atom stereocenters. The number of β-amino-alcohol motifs (C(OH)–C–C–N with tert-alkyl or cyclic N) is 1. The monoisotopic (exact) mass is 380 g/mol. The lowest BCUT2D eigenvalue weighted by Crippen LogP contribution is -2.41. The Morgan fingerprint density at radius 2 is 2.04 bits per heavy atom. The number of fused-ring (bicyclic) bond motifs is 1. The van der Waals surface area contributed by atoms with Gasteiger partial charge in [0, 0.05) is 44.5 Å². The molecule has 2 aliphatic rings. The Balaban J connectivity index is 1.24. The van der Waals surface area contributed by atoms with Crippen LogP contribution in [-0.2, 0) is 13.0 Å². The maximum absolute atomic E-state index is 10.5. The van der Waals surface area contributed by atoms with Gasteiger partial charge in [-0.15, -0.1) is 0 Å². The number of anilines is 1. The molecule has 1 fully saturated rings. The van der Waals surface area contributed by atoms with E-state index in [0.717, 1.165) is 25.3 Å². The Morgan fingerprint density at radius 3 is 2.82 bits per heavy atom. The molecule has 0 spiro atoms. The second kappa shape index (κ2) is 9.03. The molecule has 1 aromatic heterocycles. The molecule has 3 N–H and O–H groups in total. The highest BCUT2D eigenvalue weighted by atomic mass is 16.3. The number of aliphatic hydroxyl groups is 1. The van der Waals surface area contributed by atoms with Crippen LogP contribution >= 0.6 is 0 Å². The van der Waals surface area contributed by atoms with Gasteiger partial charge in [-0.3, -0.25) is 4.90 Å². The molecule has 2 aromatic rings. The van der Waals surface area contributed by atoms with Crippen molar-refractivity contribution in [1.29, 1.82) is 0 Å². The number of aromatic nitrogens is 1. The SMILES string of the molecule is CC(NC[C@H](O)CN1CCc2ccccc2C1)c1ccnc(NC2CCC2)c1. The lowest BCUT2D eigenvalue weighted by atomic mass is 9.93. The van der Waals surface area contributed by atoms with Gasteiger partial charge in [-0.2, -0.15) is 0 Å². The molecule has 5 nitrogen and oxygen atoms in total. The first-order valence-electron chi connectivity index (χ1n) is 10.6. The van der Waals surface area contributed by atoms with E-state index in [1.165, 1.54) is 36.0 Å². The molecule has 0 radical (unpaired) electrons. The summed E-state index contributed by atoms with van der Waals surface area (Å²) in [6.45, 7) is 5.39. The van der Waals surface area contributed by atoms with Crippen LogP contribution in [-0.4, -0.2) is 46.8 Å². The van der Waals surface area contributed by atoms with Crippen molar-refractivity contribution in [2.24, 2.45) is 0 Å². The zero-order valence-electron chi connectivity index (χ0n) is 16.8. The third kappa shape index (κ3) is 4.90. The summed E-state index contributed by atoms with van der Waals surface area (Å²) in [7, 11) is 0. The van der Waals surface area contributed by atoms with Gasteiger partial charge in [-0.05, 0) is 61.4 Å². The average molecular weight is 381 g/mol. The summed E-state index contributed by atoms with van der Waals surface area (Å²) >= 11 is 0. The van der Waals surface area contributed by atoms with E-state index in [4.69, 9.17) is 0 Å². The summed E-state index contributed by atoms with van der Waals surface area (Å²) < 4.78 is 0. The highest BCUT2D eigenvalue weighted by molar-refractivity contribution is 5.40. The van der Waals surface area contributed by atoms with Crippen molar-refractivity contribution in [2.45, 2.75) is 57.3 Å². The van der Waals surface area contributed by atoms with E-state index in [-0.39, 0.29) is 12.1 Å². The van der Waals surface area contributed by atoms with Crippen LogP contribution in [0.5, 0.6) is 0 Å². The van der Waals surface area contributed by atoms with Gasteiger partial charge in [0.1, 0.15) is 5.82 Å². The van der Waals surface area contributed by atoms with E-state index >= 15 is 0 Å². The van der Waals surface area contributed by atoms with Crippen molar-refractivity contribution < 1.29 is 5.11 Å². The summed E-state index contributed by atoms with van der Waals surface area (Å²) in [6.07, 6.45) is 6.37. The quantitative estimate of drug-likeness (QED) is 0.657. The minimum absolute atomic E-state index is 0.182. The number of rotatable bonds is 8. The molecule has 1 aromatic carbocycles. The number of nitrogens with zero attached hydrogens (tertiary/aromatic N) is 2. The first-order valence-corrected chi connectivity index (χ1v) is 10.6. The highest BCUT2D eigenvalue weighted by Gasteiger charge is 2.20. The third-order valence-corrected chi connectivity index (χ3v) is 6.08. The molecule has 28 heavy (non-hydrogen) atoms. The number of benzene rings is 1. The van der Waals surface area contributed by atoms with E-state index in [2.05, 4.69) is 63.8 Å². The maximum Gasteiger partial charge on any atom is 0.126 e. The van der Waals surface area contributed by atoms with E-state index in [1.807, 2.05) is 6.20 Å². The Bertz CT molecular complexity index is 777. The lowest BCUT2D eigenvalue weighted by molar-refractivity contribution is 0.102. The molecule has 1 unspecified atom stereocenters. The van der Waals surface area contributed by atoms with E-state index in [9.17, 15) is 5.11 Å². The topological polar surface area (TPSA) is 60.4 Å². The smallest absolute Gasteiger partial charge is 0.126 e. The third-order valence-electron chi connectivity index (χ3n) is 6.08. The van der Waals surface area contributed by atoms with Crippen molar-refractivity contribution in [1.82, 2.24) is 15.2 Å². The molecule has 5 heteroatoms. The average Bonchev–Trinajstić information content (AvgIpc) is 2.69. The molecule has 1 aliphatic carbocycles. The van der Waals surface area contributed by atoms with Crippen LogP contribution in [0, 0.1) is 0 Å². The fourth-order valence-corrected chi connectivity index (χ4v) is 4.06. The van der Waals surface area contributed by atoms with Crippen molar-refractivity contribution in [2.75, 3.05) is 25.0 Å². The summed E-state index contributed by atoms with van der Waals surface area (Å²) in [6, 6.07) is 13.6. The predicted molar refractivity (Wildman–Crippen MR) is 113 cm³/mol. The fraction of sp³-hybridized carbons (Fsp3) is 0.522. The number of nitrogens with one attached hydrogen (secondary N) is 2. The maximum atomic E-state index is 10.5. The van der Waals surface area contributed by atoms with Gasteiger partial charge >= 0.3 is 0 Å². The minimum Gasteiger partial charge on any atom is -0.390 e. The molecular weight excluding hydrogens is 348 g/mol. The first kappa shape index (κ1) is 19.4. The fourth-order valence-electron chi connectivity index (χ4n) is 4.06. The molecular formula is C23H32N4O. The van der Waals surface area contributed by atoms with Gasteiger partial charge in [0.2, 0.25) is 0 Å². The molecule has 1 saturated carbocycles. The van der Waals surface area contributed by atoms with E-state index in [1.54, 1.807) is 0 Å². The molecule has 0 bridgehead atoms. The predicted octanol–water partition coefficient (Wildman–Crippen LogP) is 3.12. The summed E-state index contributed by atoms with van der Waals surface area (Å²) in [5, 5.41) is 17.5. The van der Waals surface area contributed by atoms with Gasteiger partial charge in [0.25, 0.3) is 0 Å². The largest absolute Gasteiger partial charge is 0.390 e. The Morgan fingerprint density at radius 1 is 1.21 bits per heavy atom. The minimum atomic E-state index is -0.373. The Hall–Kier alpha value is -1.95. The number of hydrogen-bond acceptors (Lipinski definition) is 5. The van der Waals surface area contributed by atoms with Crippen LogP contribution in [0.15, 0.2) is 42.6 Å². The van der Waals surface area contributed by atoms with Crippen molar-refractivity contribution in [3.05, 3.63) is 59.3 Å². The second-order valence-corrected chi connectivity index (χ2v) is 8.28. The zero-order chi connectivity index (χ0) is 19.3. The molecule has 1 aliphatic heterocycles. The van der Waals surface area contributed by atoms with Gasteiger partial charge in [0.05, 0.1) is 6.10 Å². The van der Waals surface area contributed by atoms with Crippen LogP contribution in [0.25, 0.3) is 0 Å².